The fourth-order valence-corrected chi connectivity index (χ4v) is 2.97. The number of carbonyl (C=O) groups is 1. The second-order valence-electron chi connectivity index (χ2n) is 3.94. The number of aromatic nitrogens is 1. The molecule has 0 aromatic carbocycles. The molecule has 0 fully saturated rings. The Hall–Kier alpha value is -0.940. The highest BCUT2D eigenvalue weighted by Gasteiger charge is 2.31. The molecule has 0 unspecified atom stereocenters. The zero-order valence-corrected chi connectivity index (χ0v) is 11.3. The maximum absolute atomic E-state index is 10.5. The van der Waals surface area contributed by atoms with Crippen molar-refractivity contribution < 1.29 is 14.6 Å². The standard InChI is InChI=1S/C12H19NO3S/c1-4-12(5-2,16-3)11-13-9(8-17-11)6-7-10(14)15/h8H,4-7H2,1-3H3,(H,14,15). The molecule has 0 atom stereocenters. The van der Waals surface area contributed by atoms with Gasteiger partial charge in [0.05, 0.1) is 12.1 Å². The lowest BCUT2D eigenvalue weighted by atomic mass is 9.98. The lowest BCUT2D eigenvalue weighted by Gasteiger charge is -2.27. The fourth-order valence-electron chi connectivity index (χ4n) is 1.79. The van der Waals surface area contributed by atoms with Crippen LogP contribution < -0.4 is 0 Å². The number of hydrogen-bond donors (Lipinski definition) is 1. The third kappa shape index (κ3) is 3.26. The third-order valence-corrected chi connectivity index (χ3v) is 4.15. The number of aryl methyl sites for hydroxylation is 1. The molecule has 1 aromatic rings. The Bertz CT molecular complexity index is 363. The first kappa shape index (κ1) is 14.1. The number of carboxylic acid groups (broad SMARTS) is 1. The molecule has 1 N–H and O–H groups in total. The summed E-state index contributed by atoms with van der Waals surface area (Å²) in [5.41, 5.74) is 0.530. The van der Waals surface area contributed by atoms with Crippen LogP contribution in [0, 0.1) is 0 Å². The van der Waals surface area contributed by atoms with E-state index in [4.69, 9.17) is 9.84 Å². The lowest BCUT2D eigenvalue weighted by Crippen LogP contribution is -2.26. The molecule has 96 valence electrons. The van der Waals surface area contributed by atoms with Crippen LogP contribution in [0.15, 0.2) is 5.38 Å². The van der Waals surface area contributed by atoms with Gasteiger partial charge in [-0.3, -0.25) is 4.79 Å². The Morgan fingerprint density at radius 1 is 1.53 bits per heavy atom. The van der Waals surface area contributed by atoms with Crippen molar-refractivity contribution >= 4 is 17.3 Å². The Kier molecular flexibility index (Phi) is 5.08. The predicted octanol–water partition coefficient (Wildman–Crippen LogP) is 2.82. The van der Waals surface area contributed by atoms with Crippen LogP contribution in [0.4, 0.5) is 0 Å². The maximum atomic E-state index is 10.5. The van der Waals surface area contributed by atoms with Crippen molar-refractivity contribution in [3.8, 4) is 0 Å². The molecule has 0 spiro atoms. The number of rotatable bonds is 7. The van der Waals surface area contributed by atoms with E-state index >= 15 is 0 Å². The fraction of sp³-hybridized carbons (Fsp3) is 0.667. The van der Waals surface area contributed by atoms with Gasteiger partial charge in [-0.25, -0.2) is 4.98 Å². The first-order valence-corrected chi connectivity index (χ1v) is 6.67. The van der Waals surface area contributed by atoms with Crippen molar-refractivity contribution in [3.05, 3.63) is 16.1 Å². The molecular weight excluding hydrogens is 238 g/mol. The normalized spacial score (nSPS) is 11.7. The highest BCUT2D eigenvalue weighted by Crippen LogP contribution is 2.34. The van der Waals surface area contributed by atoms with Gasteiger partial charge in [-0.05, 0) is 12.8 Å². The minimum Gasteiger partial charge on any atom is -0.481 e. The number of methoxy groups -OCH3 is 1. The van der Waals surface area contributed by atoms with Crippen molar-refractivity contribution in [1.29, 1.82) is 0 Å². The molecule has 4 nitrogen and oxygen atoms in total. The van der Waals surface area contributed by atoms with Crippen molar-refractivity contribution in [1.82, 2.24) is 4.98 Å². The quantitative estimate of drug-likeness (QED) is 0.816. The van der Waals surface area contributed by atoms with Gasteiger partial charge in [0.2, 0.25) is 0 Å². The number of thiazole rings is 1. The number of aliphatic carboxylic acids is 1. The first-order valence-electron chi connectivity index (χ1n) is 5.79. The summed E-state index contributed by atoms with van der Waals surface area (Å²) in [5.74, 6) is -0.788. The molecule has 1 aromatic heterocycles. The minimum atomic E-state index is -0.788. The van der Waals surface area contributed by atoms with Crippen molar-refractivity contribution in [2.75, 3.05) is 7.11 Å². The lowest BCUT2D eigenvalue weighted by molar-refractivity contribution is -0.136. The SMILES string of the molecule is CCC(CC)(OC)c1nc(CCC(=O)O)cs1. The van der Waals surface area contributed by atoms with Crippen LogP contribution in [0.1, 0.15) is 43.8 Å². The molecule has 0 aliphatic rings. The molecule has 0 saturated carbocycles. The molecule has 0 saturated heterocycles. The van der Waals surface area contributed by atoms with Gasteiger partial charge in [-0.15, -0.1) is 11.3 Å². The van der Waals surface area contributed by atoms with Crippen LogP contribution in [0.5, 0.6) is 0 Å². The van der Waals surface area contributed by atoms with Gasteiger partial charge in [0.25, 0.3) is 0 Å². The summed E-state index contributed by atoms with van der Waals surface area (Å²) < 4.78 is 5.59. The molecular formula is C12H19NO3S. The van der Waals surface area contributed by atoms with Crippen LogP contribution in [-0.4, -0.2) is 23.2 Å². The Balaban J connectivity index is 2.81. The number of hydrogen-bond acceptors (Lipinski definition) is 4. The van der Waals surface area contributed by atoms with Gasteiger partial charge in [0, 0.05) is 18.9 Å². The second-order valence-corrected chi connectivity index (χ2v) is 4.80. The molecule has 0 aliphatic heterocycles. The van der Waals surface area contributed by atoms with Gasteiger partial charge in [-0.1, -0.05) is 13.8 Å². The van der Waals surface area contributed by atoms with E-state index in [0.29, 0.717) is 6.42 Å². The van der Waals surface area contributed by atoms with Crippen LogP contribution in [-0.2, 0) is 21.6 Å². The Morgan fingerprint density at radius 3 is 2.65 bits per heavy atom. The van der Waals surface area contributed by atoms with Gasteiger partial charge in [-0.2, -0.15) is 0 Å². The van der Waals surface area contributed by atoms with Crippen LogP contribution in [0.25, 0.3) is 0 Å². The summed E-state index contributed by atoms with van der Waals surface area (Å²) >= 11 is 1.55. The molecule has 17 heavy (non-hydrogen) atoms. The highest BCUT2D eigenvalue weighted by molar-refractivity contribution is 7.09. The van der Waals surface area contributed by atoms with E-state index in [-0.39, 0.29) is 12.0 Å². The molecule has 5 heteroatoms. The number of carboxylic acids is 1. The molecule has 1 heterocycles. The zero-order chi connectivity index (χ0) is 12.9. The molecule has 0 bridgehead atoms. The molecule has 0 radical (unpaired) electrons. The predicted molar refractivity (Wildman–Crippen MR) is 67.3 cm³/mol. The molecule has 0 aliphatic carbocycles. The third-order valence-electron chi connectivity index (χ3n) is 3.07. The van der Waals surface area contributed by atoms with Crippen molar-refractivity contribution in [2.45, 2.75) is 45.1 Å². The van der Waals surface area contributed by atoms with Gasteiger partial charge in [0.15, 0.2) is 0 Å². The van der Waals surface area contributed by atoms with Crippen LogP contribution >= 0.6 is 11.3 Å². The summed E-state index contributed by atoms with van der Waals surface area (Å²) in [4.78, 5) is 15.0. The summed E-state index contributed by atoms with van der Waals surface area (Å²) in [7, 11) is 1.70. The topological polar surface area (TPSA) is 59.4 Å². The van der Waals surface area contributed by atoms with E-state index in [2.05, 4.69) is 18.8 Å². The average Bonchev–Trinajstić information content (AvgIpc) is 2.79. The number of nitrogens with zero attached hydrogens (tertiary/aromatic N) is 1. The second kappa shape index (κ2) is 6.12. The summed E-state index contributed by atoms with van der Waals surface area (Å²) in [6, 6.07) is 0. The van der Waals surface area contributed by atoms with E-state index in [1.54, 1.807) is 18.4 Å². The summed E-state index contributed by atoms with van der Waals surface area (Å²) in [5, 5.41) is 11.5. The van der Waals surface area contributed by atoms with E-state index in [1.807, 2.05) is 5.38 Å². The number of ether oxygens (including phenoxy) is 1. The van der Waals surface area contributed by atoms with E-state index in [1.165, 1.54) is 0 Å². The maximum Gasteiger partial charge on any atom is 0.303 e. The van der Waals surface area contributed by atoms with E-state index in [9.17, 15) is 4.79 Å². The molecule has 1 rings (SSSR count). The zero-order valence-electron chi connectivity index (χ0n) is 10.5. The summed E-state index contributed by atoms with van der Waals surface area (Å²) in [6.45, 7) is 4.15. The average molecular weight is 257 g/mol. The monoisotopic (exact) mass is 257 g/mol. The first-order chi connectivity index (χ1) is 8.07. The highest BCUT2D eigenvalue weighted by atomic mass is 32.1. The van der Waals surface area contributed by atoms with Gasteiger partial charge < -0.3 is 9.84 Å². The Labute approximate surface area is 106 Å². The smallest absolute Gasteiger partial charge is 0.303 e. The van der Waals surface area contributed by atoms with Crippen molar-refractivity contribution in [2.24, 2.45) is 0 Å². The van der Waals surface area contributed by atoms with Crippen molar-refractivity contribution in [3.63, 3.8) is 0 Å². The minimum absolute atomic E-state index is 0.126. The summed E-state index contributed by atoms with van der Waals surface area (Å²) in [6.07, 6.45) is 2.35. The van der Waals surface area contributed by atoms with Gasteiger partial charge >= 0.3 is 5.97 Å². The van der Waals surface area contributed by atoms with E-state index in [0.717, 1.165) is 23.5 Å². The Morgan fingerprint density at radius 2 is 2.18 bits per heavy atom. The van der Waals surface area contributed by atoms with Gasteiger partial charge in [0.1, 0.15) is 10.6 Å². The van der Waals surface area contributed by atoms with Crippen LogP contribution in [0.3, 0.4) is 0 Å². The largest absolute Gasteiger partial charge is 0.481 e. The van der Waals surface area contributed by atoms with E-state index < -0.39 is 5.97 Å². The van der Waals surface area contributed by atoms with Crippen LogP contribution in [0.2, 0.25) is 0 Å². The molecule has 0 amide bonds.